The molecule has 150 valence electrons. The molecule has 2 aromatic rings. The van der Waals surface area contributed by atoms with Crippen LogP contribution in [0, 0.1) is 11.7 Å². The van der Waals surface area contributed by atoms with Gasteiger partial charge in [0.25, 0.3) is 0 Å². The summed E-state index contributed by atoms with van der Waals surface area (Å²) in [5.74, 6) is 1.11. The minimum atomic E-state index is -0.332. The minimum absolute atomic E-state index is 0.00269. The molecule has 1 aliphatic carbocycles. The lowest BCUT2D eigenvalue weighted by atomic mass is 9.88. The number of rotatable bonds is 3. The fourth-order valence-electron chi connectivity index (χ4n) is 4.09. The van der Waals surface area contributed by atoms with Crippen molar-refractivity contribution in [2.75, 3.05) is 6.79 Å². The van der Waals surface area contributed by atoms with Crippen LogP contribution in [0.1, 0.15) is 48.6 Å². The highest BCUT2D eigenvalue weighted by Gasteiger charge is 2.39. The molecule has 5 nitrogen and oxygen atoms in total. The van der Waals surface area contributed by atoms with Crippen molar-refractivity contribution in [3.63, 3.8) is 0 Å². The molecule has 0 N–H and O–H groups in total. The number of hydrogen-bond donors (Lipinski definition) is 0. The predicted molar refractivity (Wildman–Crippen MR) is 109 cm³/mol. The van der Waals surface area contributed by atoms with Crippen LogP contribution in [-0.4, -0.2) is 22.8 Å². The molecule has 3 aliphatic rings. The van der Waals surface area contributed by atoms with Crippen molar-refractivity contribution in [1.29, 1.82) is 0 Å². The summed E-state index contributed by atoms with van der Waals surface area (Å²) < 4.78 is 24.6. The van der Waals surface area contributed by atoms with Gasteiger partial charge in [0.15, 0.2) is 11.5 Å². The summed E-state index contributed by atoms with van der Waals surface area (Å²) in [5.41, 5.74) is 1.67. The molecule has 0 bridgehead atoms. The summed E-state index contributed by atoms with van der Waals surface area (Å²) in [4.78, 5) is 13.4. The molecule has 2 aromatic carbocycles. The van der Waals surface area contributed by atoms with E-state index in [1.165, 1.54) is 30.3 Å². The van der Waals surface area contributed by atoms with Gasteiger partial charge in [0.2, 0.25) is 12.7 Å². The Kier molecular flexibility index (Phi) is 4.91. The molecule has 0 saturated heterocycles. The second kappa shape index (κ2) is 7.71. The fourth-order valence-corrected chi connectivity index (χ4v) is 5.27. The SMILES string of the molecule is O=C(C1CCCCC1)N1N=C(c2ccc(F)cc2)SC1c1cccc2c1OCO2. The van der Waals surface area contributed by atoms with E-state index < -0.39 is 0 Å². The van der Waals surface area contributed by atoms with Crippen molar-refractivity contribution < 1.29 is 18.7 Å². The van der Waals surface area contributed by atoms with Gasteiger partial charge in [-0.25, -0.2) is 9.40 Å². The van der Waals surface area contributed by atoms with Crippen LogP contribution < -0.4 is 9.47 Å². The summed E-state index contributed by atoms with van der Waals surface area (Å²) in [7, 11) is 0. The zero-order valence-electron chi connectivity index (χ0n) is 15.8. The van der Waals surface area contributed by atoms with Crippen molar-refractivity contribution in [1.82, 2.24) is 5.01 Å². The Hall–Kier alpha value is -2.54. The number of carbonyl (C=O) groups is 1. The topological polar surface area (TPSA) is 51.1 Å². The Morgan fingerprint density at radius 3 is 2.66 bits per heavy atom. The summed E-state index contributed by atoms with van der Waals surface area (Å²) >= 11 is 1.49. The lowest BCUT2D eigenvalue weighted by molar-refractivity contribution is -0.137. The first-order valence-corrected chi connectivity index (χ1v) is 10.8. The third-order valence-corrected chi connectivity index (χ3v) is 6.83. The molecule has 7 heteroatoms. The lowest BCUT2D eigenvalue weighted by Gasteiger charge is -2.28. The number of halogens is 1. The van der Waals surface area contributed by atoms with Crippen molar-refractivity contribution in [3.05, 3.63) is 59.4 Å². The van der Waals surface area contributed by atoms with Gasteiger partial charge in [-0.05, 0) is 43.2 Å². The molecule has 1 saturated carbocycles. The molecule has 1 unspecified atom stereocenters. The maximum atomic E-state index is 13.4. The first-order chi connectivity index (χ1) is 14.2. The Morgan fingerprint density at radius 2 is 1.86 bits per heavy atom. The van der Waals surface area contributed by atoms with E-state index in [0.717, 1.165) is 36.8 Å². The average Bonchev–Trinajstić information content (AvgIpc) is 3.41. The van der Waals surface area contributed by atoms with Crippen molar-refractivity contribution in [2.45, 2.75) is 37.5 Å². The molecule has 1 fully saturated rings. The highest BCUT2D eigenvalue weighted by atomic mass is 32.2. The first kappa shape index (κ1) is 18.5. The number of fused-ring (bicyclic) bond motifs is 1. The number of benzene rings is 2. The predicted octanol–water partition coefficient (Wildman–Crippen LogP) is 5.07. The van der Waals surface area contributed by atoms with Crippen molar-refractivity contribution >= 4 is 22.7 Å². The molecule has 2 heterocycles. The fraction of sp³-hybridized carbons (Fsp3) is 0.364. The van der Waals surface area contributed by atoms with E-state index in [1.807, 2.05) is 18.2 Å². The van der Waals surface area contributed by atoms with E-state index in [9.17, 15) is 9.18 Å². The number of nitrogens with zero attached hydrogens (tertiary/aromatic N) is 2. The van der Waals surface area contributed by atoms with Crippen LogP contribution >= 0.6 is 11.8 Å². The molecule has 0 radical (unpaired) electrons. The van der Waals surface area contributed by atoms with Crippen LogP contribution in [0.2, 0.25) is 0 Å². The van der Waals surface area contributed by atoms with Gasteiger partial charge in [-0.3, -0.25) is 4.79 Å². The second-order valence-corrected chi connectivity index (χ2v) is 8.55. The number of hydrazone groups is 1. The van der Waals surface area contributed by atoms with Gasteiger partial charge in [0, 0.05) is 17.0 Å². The molecule has 0 spiro atoms. The average molecular weight is 412 g/mol. The van der Waals surface area contributed by atoms with Crippen LogP contribution in [-0.2, 0) is 4.79 Å². The van der Waals surface area contributed by atoms with Gasteiger partial charge < -0.3 is 9.47 Å². The van der Waals surface area contributed by atoms with E-state index in [1.54, 1.807) is 17.1 Å². The van der Waals surface area contributed by atoms with Crippen molar-refractivity contribution in [3.8, 4) is 11.5 Å². The van der Waals surface area contributed by atoms with E-state index >= 15 is 0 Å². The van der Waals surface area contributed by atoms with Crippen LogP contribution in [0.15, 0.2) is 47.6 Å². The van der Waals surface area contributed by atoms with E-state index in [0.29, 0.717) is 16.5 Å². The standard InChI is InChI=1S/C22H21FN2O3S/c23-16-11-9-14(10-12-16)20-24-25(21(26)15-5-2-1-3-6-15)22(29-20)17-7-4-8-18-19(17)28-13-27-18/h4,7-12,15,22H,1-3,5-6,13H2. The third-order valence-electron chi connectivity index (χ3n) is 5.61. The van der Waals surface area contributed by atoms with Gasteiger partial charge in [0.05, 0.1) is 0 Å². The molecule has 0 aromatic heterocycles. The van der Waals surface area contributed by atoms with Crippen LogP contribution in [0.3, 0.4) is 0 Å². The monoisotopic (exact) mass is 412 g/mol. The maximum Gasteiger partial charge on any atom is 0.247 e. The molecule has 1 amide bonds. The Morgan fingerprint density at radius 1 is 1.07 bits per heavy atom. The number of amides is 1. The number of carbonyl (C=O) groups excluding carboxylic acids is 1. The van der Waals surface area contributed by atoms with Gasteiger partial charge in [-0.1, -0.05) is 43.2 Å². The molecule has 5 rings (SSSR count). The lowest BCUT2D eigenvalue weighted by Crippen LogP contribution is -2.33. The summed E-state index contributed by atoms with van der Waals surface area (Å²) in [5, 5.41) is 6.67. The second-order valence-electron chi connectivity index (χ2n) is 7.48. The van der Waals surface area contributed by atoms with Crippen LogP contribution in [0.25, 0.3) is 0 Å². The minimum Gasteiger partial charge on any atom is -0.454 e. The molecular weight excluding hydrogens is 391 g/mol. The van der Waals surface area contributed by atoms with E-state index in [2.05, 4.69) is 0 Å². The zero-order valence-corrected chi connectivity index (χ0v) is 16.7. The number of ether oxygens (including phenoxy) is 2. The quantitative estimate of drug-likeness (QED) is 0.706. The van der Waals surface area contributed by atoms with Gasteiger partial charge >= 0.3 is 0 Å². The molecule has 1 atom stereocenters. The summed E-state index contributed by atoms with van der Waals surface area (Å²) in [6.07, 6.45) is 5.15. The van der Waals surface area contributed by atoms with Crippen LogP contribution in [0.5, 0.6) is 11.5 Å². The van der Waals surface area contributed by atoms with Gasteiger partial charge in [-0.2, -0.15) is 5.10 Å². The highest BCUT2D eigenvalue weighted by Crippen LogP contribution is 2.49. The first-order valence-electron chi connectivity index (χ1n) is 9.93. The van der Waals surface area contributed by atoms with Gasteiger partial charge in [0.1, 0.15) is 16.2 Å². The Balaban J connectivity index is 1.51. The Labute approximate surface area is 172 Å². The van der Waals surface area contributed by atoms with Crippen LogP contribution in [0.4, 0.5) is 4.39 Å². The normalized spacial score (nSPS) is 21.3. The molecule has 29 heavy (non-hydrogen) atoms. The van der Waals surface area contributed by atoms with E-state index in [4.69, 9.17) is 14.6 Å². The molecular formula is C22H21FN2O3S. The highest BCUT2D eigenvalue weighted by molar-refractivity contribution is 8.14. The number of para-hydroxylation sites is 1. The number of hydrogen-bond acceptors (Lipinski definition) is 5. The number of thioether (sulfide) groups is 1. The largest absolute Gasteiger partial charge is 0.454 e. The maximum absolute atomic E-state index is 13.4. The zero-order chi connectivity index (χ0) is 19.8. The summed E-state index contributed by atoms with van der Waals surface area (Å²) in [6, 6.07) is 11.9. The molecule has 2 aliphatic heterocycles. The smallest absolute Gasteiger partial charge is 0.247 e. The van der Waals surface area contributed by atoms with Gasteiger partial charge in [-0.15, -0.1) is 0 Å². The van der Waals surface area contributed by atoms with Crippen molar-refractivity contribution in [2.24, 2.45) is 11.0 Å². The summed E-state index contributed by atoms with van der Waals surface area (Å²) in [6.45, 7) is 0.173. The third kappa shape index (κ3) is 3.48. The van der Waals surface area contributed by atoms with E-state index in [-0.39, 0.29) is 29.8 Å². The Bertz CT molecular complexity index is 957.